The van der Waals surface area contributed by atoms with Gasteiger partial charge in [-0.15, -0.1) is 0 Å². The van der Waals surface area contributed by atoms with E-state index in [2.05, 4.69) is 37.3 Å². The zero-order chi connectivity index (χ0) is 13.2. The first-order valence-corrected chi connectivity index (χ1v) is 6.84. The molecule has 0 unspecified atom stereocenters. The maximum absolute atomic E-state index is 6.04. The monoisotopic (exact) mass is 264 g/mol. The molecule has 98 valence electrons. The Morgan fingerprint density at radius 1 is 1.28 bits per heavy atom. The number of aromatic amines is 1. The second kappa shape index (κ2) is 5.33. The van der Waals surface area contributed by atoms with Gasteiger partial charge in [-0.25, -0.2) is 0 Å². The molecule has 2 nitrogen and oxygen atoms in total. The van der Waals surface area contributed by atoms with Crippen LogP contribution in [-0.2, 0) is 6.42 Å². The first-order chi connectivity index (χ1) is 8.46. The van der Waals surface area contributed by atoms with E-state index in [-0.39, 0.29) is 5.54 Å². The van der Waals surface area contributed by atoms with Gasteiger partial charge >= 0.3 is 0 Å². The maximum atomic E-state index is 6.04. The number of hydrogen-bond acceptors (Lipinski definition) is 1. The molecule has 0 spiro atoms. The highest BCUT2D eigenvalue weighted by molar-refractivity contribution is 6.31. The molecule has 1 heterocycles. The number of benzene rings is 1. The molecular weight excluding hydrogens is 244 g/mol. The van der Waals surface area contributed by atoms with E-state index in [9.17, 15) is 0 Å². The fourth-order valence-corrected chi connectivity index (χ4v) is 2.27. The van der Waals surface area contributed by atoms with E-state index in [0.29, 0.717) is 0 Å². The van der Waals surface area contributed by atoms with Crippen LogP contribution in [-0.4, -0.2) is 17.1 Å². The molecular formula is C15H21ClN2. The van der Waals surface area contributed by atoms with Gasteiger partial charge in [0, 0.05) is 27.7 Å². The fourth-order valence-electron chi connectivity index (χ4n) is 2.10. The van der Waals surface area contributed by atoms with Crippen LogP contribution in [0.5, 0.6) is 0 Å². The fraction of sp³-hybridized carbons (Fsp3) is 0.467. The van der Waals surface area contributed by atoms with E-state index in [1.54, 1.807) is 0 Å². The molecule has 2 rings (SSSR count). The lowest BCUT2D eigenvalue weighted by Crippen LogP contribution is -2.36. The van der Waals surface area contributed by atoms with Gasteiger partial charge in [0.2, 0.25) is 0 Å². The highest BCUT2D eigenvalue weighted by Gasteiger charge is 2.08. The van der Waals surface area contributed by atoms with Crippen molar-refractivity contribution in [2.45, 2.75) is 39.2 Å². The van der Waals surface area contributed by atoms with Crippen LogP contribution in [0.3, 0.4) is 0 Å². The second-order valence-corrected chi connectivity index (χ2v) is 6.22. The second-order valence-electron chi connectivity index (χ2n) is 5.78. The first-order valence-electron chi connectivity index (χ1n) is 6.46. The largest absolute Gasteiger partial charge is 0.361 e. The van der Waals surface area contributed by atoms with Crippen molar-refractivity contribution < 1.29 is 0 Å². The van der Waals surface area contributed by atoms with E-state index < -0.39 is 0 Å². The molecule has 0 saturated heterocycles. The third-order valence-corrected chi connectivity index (χ3v) is 3.24. The summed E-state index contributed by atoms with van der Waals surface area (Å²) in [6, 6.07) is 6.00. The predicted octanol–water partition coefficient (Wildman–Crippen LogP) is 4.14. The minimum atomic E-state index is 0.198. The average molecular weight is 265 g/mol. The molecule has 2 N–H and O–H groups in total. The number of aromatic nitrogens is 1. The lowest BCUT2D eigenvalue weighted by Gasteiger charge is -2.20. The van der Waals surface area contributed by atoms with Crippen molar-refractivity contribution in [3.63, 3.8) is 0 Å². The number of H-pyrrole nitrogens is 1. The van der Waals surface area contributed by atoms with Gasteiger partial charge in [0.1, 0.15) is 0 Å². The highest BCUT2D eigenvalue weighted by Crippen LogP contribution is 2.23. The Hall–Kier alpha value is -0.990. The summed E-state index contributed by atoms with van der Waals surface area (Å²) in [5.41, 5.74) is 2.71. The SMILES string of the molecule is CC(C)(C)NCCCc1c[nH]c2ccc(Cl)cc12. The summed E-state index contributed by atoms with van der Waals surface area (Å²) in [4.78, 5) is 3.29. The summed E-state index contributed by atoms with van der Waals surface area (Å²) in [6.07, 6.45) is 4.30. The van der Waals surface area contributed by atoms with Crippen LogP contribution in [0.4, 0.5) is 0 Å². The van der Waals surface area contributed by atoms with Gasteiger partial charge in [0.25, 0.3) is 0 Å². The Labute approximate surface area is 114 Å². The van der Waals surface area contributed by atoms with Gasteiger partial charge in [-0.3, -0.25) is 0 Å². The topological polar surface area (TPSA) is 27.8 Å². The summed E-state index contributed by atoms with van der Waals surface area (Å²) in [5.74, 6) is 0. The van der Waals surface area contributed by atoms with Gasteiger partial charge in [-0.2, -0.15) is 0 Å². The lowest BCUT2D eigenvalue weighted by atomic mass is 10.1. The molecule has 3 heteroatoms. The Morgan fingerprint density at radius 3 is 2.78 bits per heavy atom. The van der Waals surface area contributed by atoms with E-state index in [4.69, 9.17) is 11.6 Å². The van der Waals surface area contributed by atoms with Gasteiger partial charge < -0.3 is 10.3 Å². The standard InChI is InChI=1S/C15H21ClN2/c1-15(2,3)18-8-4-5-11-10-17-14-7-6-12(16)9-13(11)14/h6-7,9-10,17-18H,4-5,8H2,1-3H3. The molecule has 0 bridgehead atoms. The van der Waals surface area contributed by atoms with E-state index in [1.165, 1.54) is 10.9 Å². The van der Waals surface area contributed by atoms with Crippen LogP contribution in [0.2, 0.25) is 5.02 Å². The van der Waals surface area contributed by atoms with Crippen molar-refractivity contribution in [1.82, 2.24) is 10.3 Å². The Kier molecular flexibility index (Phi) is 3.98. The summed E-state index contributed by atoms with van der Waals surface area (Å²) < 4.78 is 0. The summed E-state index contributed by atoms with van der Waals surface area (Å²) in [6.45, 7) is 7.62. The van der Waals surface area contributed by atoms with Crippen molar-refractivity contribution in [1.29, 1.82) is 0 Å². The number of halogens is 1. The first kappa shape index (κ1) is 13.4. The van der Waals surface area contributed by atoms with Gasteiger partial charge in [0.15, 0.2) is 0 Å². The number of hydrogen-bond donors (Lipinski definition) is 2. The quantitative estimate of drug-likeness (QED) is 0.798. The van der Waals surface area contributed by atoms with Crippen LogP contribution in [0.1, 0.15) is 32.8 Å². The third-order valence-electron chi connectivity index (χ3n) is 3.01. The van der Waals surface area contributed by atoms with E-state index >= 15 is 0 Å². The number of fused-ring (bicyclic) bond motifs is 1. The smallest absolute Gasteiger partial charge is 0.0457 e. The Morgan fingerprint density at radius 2 is 2.06 bits per heavy atom. The maximum Gasteiger partial charge on any atom is 0.0457 e. The minimum Gasteiger partial charge on any atom is -0.361 e. The van der Waals surface area contributed by atoms with Crippen molar-refractivity contribution >= 4 is 22.5 Å². The van der Waals surface area contributed by atoms with E-state index in [0.717, 1.165) is 29.9 Å². The molecule has 0 aliphatic carbocycles. The van der Waals surface area contributed by atoms with Gasteiger partial charge in [-0.1, -0.05) is 11.6 Å². The zero-order valence-corrected chi connectivity index (χ0v) is 12.1. The summed E-state index contributed by atoms with van der Waals surface area (Å²) in [5, 5.41) is 5.56. The summed E-state index contributed by atoms with van der Waals surface area (Å²) >= 11 is 6.04. The Bertz CT molecular complexity index is 523. The lowest BCUT2D eigenvalue weighted by molar-refractivity contribution is 0.422. The number of aryl methyl sites for hydroxylation is 1. The van der Waals surface area contributed by atoms with Crippen molar-refractivity contribution in [3.05, 3.63) is 35.0 Å². The predicted molar refractivity (Wildman–Crippen MR) is 79.4 cm³/mol. The van der Waals surface area contributed by atoms with Crippen LogP contribution >= 0.6 is 11.6 Å². The molecule has 0 atom stereocenters. The molecule has 1 aromatic carbocycles. The molecule has 0 radical (unpaired) electrons. The normalized spacial score (nSPS) is 12.2. The molecule has 0 fully saturated rings. The molecule has 0 aliphatic rings. The van der Waals surface area contributed by atoms with Crippen LogP contribution < -0.4 is 5.32 Å². The summed E-state index contributed by atoms with van der Waals surface area (Å²) in [7, 11) is 0. The number of rotatable bonds is 4. The van der Waals surface area contributed by atoms with Gasteiger partial charge in [0.05, 0.1) is 0 Å². The van der Waals surface area contributed by atoms with Crippen molar-refractivity contribution in [3.8, 4) is 0 Å². The third kappa shape index (κ3) is 3.50. The van der Waals surface area contributed by atoms with E-state index in [1.807, 2.05) is 18.2 Å². The van der Waals surface area contributed by atoms with Gasteiger partial charge in [-0.05, 0) is 63.9 Å². The Balaban J connectivity index is 1.98. The molecule has 0 saturated carbocycles. The molecule has 1 aromatic heterocycles. The average Bonchev–Trinajstić information content (AvgIpc) is 2.66. The van der Waals surface area contributed by atoms with Crippen molar-refractivity contribution in [2.24, 2.45) is 0 Å². The zero-order valence-electron chi connectivity index (χ0n) is 11.3. The highest BCUT2D eigenvalue weighted by atomic mass is 35.5. The molecule has 18 heavy (non-hydrogen) atoms. The van der Waals surface area contributed by atoms with Crippen LogP contribution in [0.15, 0.2) is 24.4 Å². The van der Waals surface area contributed by atoms with Crippen LogP contribution in [0, 0.1) is 0 Å². The minimum absolute atomic E-state index is 0.198. The molecule has 0 amide bonds. The van der Waals surface area contributed by atoms with Crippen molar-refractivity contribution in [2.75, 3.05) is 6.54 Å². The molecule has 0 aliphatic heterocycles. The number of nitrogens with one attached hydrogen (secondary N) is 2. The molecule has 2 aromatic rings. The van der Waals surface area contributed by atoms with Crippen LogP contribution in [0.25, 0.3) is 10.9 Å².